The van der Waals surface area contributed by atoms with Gasteiger partial charge in [-0.1, -0.05) is 55.0 Å². The van der Waals surface area contributed by atoms with E-state index in [1.54, 1.807) is 6.08 Å². The number of amides is 1. The zero-order chi connectivity index (χ0) is 28.0. The van der Waals surface area contributed by atoms with Crippen LogP contribution in [0.4, 0.5) is 0 Å². The minimum atomic E-state index is 0.147. The van der Waals surface area contributed by atoms with Crippen molar-refractivity contribution in [1.29, 1.82) is 0 Å². The Morgan fingerprint density at radius 3 is 2.54 bits per heavy atom. The summed E-state index contributed by atoms with van der Waals surface area (Å²) in [5, 5.41) is 8.48. The number of ether oxygens (including phenoxy) is 1. The highest BCUT2D eigenvalue weighted by atomic mass is 16.5. The molecular formula is C36H39N3O2. The summed E-state index contributed by atoms with van der Waals surface area (Å²) in [6.07, 6.45) is 13.4. The van der Waals surface area contributed by atoms with Crippen LogP contribution in [0.25, 0.3) is 22.0 Å². The number of likely N-dealkylation sites (tertiary alicyclic amines) is 1. The Bertz CT molecular complexity index is 1560. The molecule has 2 aliphatic rings. The van der Waals surface area contributed by atoms with Gasteiger partial charge in [0.05, 0.1) is 18.3 Å². The second kappa shape index (κ2) is 12.6. The van der Waals surface area contributed by atoms with Crippen molar-refractivity contribution in [2.75, 3.05) is 19.7 Å². The van der Waals surface area contributed by atoms with E-state index in [0.717, 1.165) is 55.4 Å². The highest BCUT2D eigenvalue weighted by molar-refractivity contribution is 6.01. The number of nitrogens with zero attached hydrogens (tertiary/aromatic N) is 2. The molecule has 0 radical (unpaired) electrons. The maximum Gasteiger partial charge on any atom is 0.246 e. The van der Waals surface area contributed by atoms with Crippen molar-refractivity contribution in [2.45, 2.75) is 51.9 Å². The Labute approximate surface area is 242 Å². The van der Waals surface area contributed by atoms with Crippen molar-refractivity contribution in [3.63, 3.8) is 0 Å². The second-order valence-corrected chi connectivity index (χ2v) is 11.4. The van der Waals surface area contributed by atoms with E-state index in [-0.39, 0.29) is 5.91 Å². The molecule has 0 unspecified atom stereocenters. The van der Waals surface area contributed by atoms with E-state index in [1.807, 2.05) is 17.2 Å². The van der Waals surface area contributed by atoms with E-state index >= 15 is 0 Å². The number of aryl methyl sites for hydroxylation is 1. The van der Waals surface area contributed by atoms with Crippen LogP contribution in [0.15, 0.2) is 85.1 Å². The van der Waals surface area contributed by atoms with Gasteiger partial charge in [0.15, 0.2) is 0 Å². The quantitative estimate of drug-likeness (QED) is 0.118. The van der Waals surface area contributed by atoms with Crippen LogP contribution >= 0.6 is 0 Å². The van der Waals surface area contributed by atoms with E-state index < -0.39 is 0 Å². The molecule has 1 amide bonds. The summed E-state index contributed by atoms with van der Waals surface area (Å²) < 4.78 is 6.10. The van der Waals surface area contributed by atoms with Gasteiger partial charge in [-0.25, -0.2) is 0 Å². The van der Waals surface area contributed by atoms with Gasteiger partial charge in [-0.3, -0.25) is 9.89 Å². The van der Waals surface area contributed by atoms with E-state index in [1.165, 1.54) is 52.7 Å². The normalized spacial score (nSPS) is 16.0. The number of hydrogen-bond acceptors (Lipinski definition) is 3. The number of carbonyl (C=O) groups excluding carboxylic acids is 1. The van der Waals surface area contributed by atoms with Crippen molar-refractivity contribution >= 4 is 28.0 Å². The summed E-state index contributed by atoms with van der Waals surface area (Å²) in [6.45, 7) is 4.70. The van der Waals surface area contributed by atoms with Gasteiger partial charge in [-0.2, -0.15) is 5.10 Å². The molecule has 0 atom stereocenters. The third kappa shape index (κ3) is 6.14. The van der Waals surface area contributed by atoms with Crippen LogP contribution in [0.1, 0.15) is 67.2 Å². The zero-order valence-electron chi connectivity index (χ0n) is 23.9. The minimum Gasteiger partial charge on any atom is -0.494 e. The lowest BCUT2D eigenvalue weighted by Crippen LogP contribution is -2.41. The van der Waals surface area contributed by atoms with Gasteiger partial charge in [0.1, 0.15) is 5.75 Å². The number of benzene rings is 3. The number of nitrogens with one attached hydrogen (secondary N) is 1. The molecule has 4 aromatic rings. The number of fused-ring (bicyclic) bond motifs is 1. The molecule has 210 valence electrons. The van der Waals surface area contributed by atoms with Gasteiger partial charge in [-0.05, 0) is 115 Å². The number of carbonyl (C=O) groups is 1. The highest BCUT2D eigenvalue weighted by Gasteiger charge is 2.28. The van der Waals surface area contributed by atoms with Crippen molar-refractivity contribution in [2.24, 2.45) is 5.92 Å². The summed E-state index contributed by atoms with van der Waals surface area (Å²) in [5.74, 6) is 1.59. The predicted octanol–water partition coefficient (Wildman–Crippen LogP) is 7.97. The second-order valence-electron chi connectivity index (χ2n) is 11.4. The van der Waals surface area contributed by atoms with E-state index in [0.29, 0.717) is 12.5 Å². The summed E-state index contributed by atoms with van der Waals surface area (Å²) in [4.78, 5) is 13.8. The number of allylic oxidation sites excluding steroid dienone is 2. The van der Waals surface area contributed by atoms with Gasteiger partial charge in [0, 0.05) is 18.5 Å². The number of aromatic amines is 1. The van der Waals surface area contributed by atoms with Crippen LogP contribution in [0, 0.1) is 12.8 Å². The van der Waals surface area contributed by atoms with Crippen molar-refractivity contribution in [3.8, 4) is 5.75 Å². The van der Waals surface area contributed by atoms with E-state index in [2.05, 4.69) is 83.9 Å². The first-order valence-electron chi connectivity index (χ1n) is 15.1. The number of aromatic nitrogens is 2. The fraction of sp³-hybridized carbons (Fsp3) is 0.333. The van der Waals surface area contributed by atoms with Crippen molar-refractivity contribution in [3.05, 3.63) is 107 Å². The highest BCUT2D eigenvalue weighted by Crippen LogP contribution is 2.46. The van der Waals surface area contributed by atoms with Gasteiger partial charge >= 0.3 is 0 Å². The average Bonchev–Trinajstić information content (AvgIpc) is 3.39. The lowest BCUT2D eigenvalue weighted by Gasteiger charge is -2.32. The van der Waals surface area contributed by atoms with E-state index in [4.69, 9.17) is 4.74 Å². The summed E-state index contributed by atoms with van der Waals surface area (Å²) >= 11 is 0. The molecule has 6 rings (SSSR count). The Hall–Kier alpha value is -4.12. The molecule has 3 aromatic carbocycles. The van der Waals surface area contributed by atoms with Crippen molar-refractivity contribution in [1.82, 2.24) is 15.1 Å². The first kappa shape index (κ1) is 27.1. The SMILES string of the molecule is Cc1ccccc1/C(=C(\c1ccc(OCCCC/C=C/C(=O)N2CCC2)cc1)c1ccc2[nH]ncc2c1)C1CCC1. The fourth-order valence-corrected chi connectivity index (χ4v) is 5.80. The monoisotopic (exact) mass is 545 g/mol. The molecule has 0 bridgehead atoms. The topological polar surface area (TPSA) is 58.2 Å². The molecule has 1 N–H and O–H groups in total. The Morgan fingerprint density at radius 1 is 1.00 bits per heavy atom. The molecule has 2 fully saturated rings. The van der Waals surface area contributed by atoms with Crippen LogP contribution in [0.2, 0.25) is 0 Å². The summed E-state index contributed by atoms with van der Waals surface area (Å²) in [5.41, 5.74) is 8.90. The first-order valence-corrected chi connectivity index (χ1v) is 15.1. The first-order chi connectivity index (χ1) is 20.2. The number of H-pyrrole nitrogens is 1. The molecule has 2 heterocycles. The van der Waals surface area contributed by atoms with Crippen LogP contribution < -0.4 is 4.74 Å². The lowest BCUT2D eigenvalue weighted by molar-refractivity contribution is -0.129. The Balaban J connectivity index is 1.21. The number of hydrogen-bond donors (Lipinski definition) is 1. The summed E-state index contributed by atoms with van der Waals surface area (Å²) in [7, 11) is 0. The van der Waals surface area contributed by atoms with Crippen LogP contribution in [0.3, 0.4) is 0 Å². The molecule has 1 aliphatic heterocycles. The van der Waals surface area contributed by atoms with Crippen LogP contribution in [0.5, 0.6) is 5.75 Å². The molecule has 1 aliphatic carbocycles. The van der Waals surface area contributed by atoms with Crippen molar-refractivity contribution < 1.29 is 9.53 Å². The third-order valence-corrected chi connectivity index (χ3v) is 8.55. The molecule has 1 saturated carbocycles. The molecule has 5 nitrogen and oxygen atoms in total. The Kier molecular flexibility index (Phi) is 8.31. The molecule has 1 aromatic heterocycles. The van der Waals surface area contributed by atoms with Gasteiger partial charge < -0.3 is 9.64 Å². The number of unbranched alkanes of at least 4 members (excludes halogenated alkanes) is 2. The predicted molar refractivity (Wildman–Crippen MR) is 167 cm³/mol. The smallest absolute Gasteiger partial charge is 0.246 e. The Morgan fingerprint density at radius 2 is 1.80 bits per heavy atom. The van der Waals surface area contributed by atoms with Crippen LogP contribution in [-0.4, -0.2) is 40.7 Å². The maximum atomic E-state index is 11.9. The molecule has 1 saturated heterocycles. The van der Waals surface area contributed by atoms with Gasteiger partial charge in [0.25, 0.3) is 0 Å². The zero-order valence-corrected chi connectivity index (χ0v) is 23.9. The fourth-order valence-electron chi connectivity index (χ4n) is 5.80. The maximum absolute atomic E-state index is 11.9. The average molecular weight is 546 g/mol. The van der Waals surface area contributed by atoms with Crippen LogP contribution in [-0.2, 0) is 4.79 Å². The summed E-state index contributed by atoms with van der Waals surface area (Å²) in [6, 6.07) is 24.1. The molecule has 41 heavy (non-hydrogen) atoms. The number of rotatable bonds is 11. The largest absolute Gasteiger partial charge is 0.494 e. The molecular weight excluding hydrogens is 506 g/mol. The lowest BCUT2D eigenvalue weighted by atomic mass is 9.72. The minimum absolute atomic E-state index is 0.147. The molecule has 0 spiro atoms. The standard InChI is InChI=1S/C36H39N3O2/c1-26-10-5-6-13-32(26)36(27-11-8-12-27)35(29-17-20-33-30(24-29)25-37-38-33)28-15-18-31(19-16-28)41-23-7-3-2-4-14-34(40)39-21-9-22-39/h4-6,10,13-20,24-25,27H,2-3,7-9,11-12,21-23H2,1H3,(H,37,38)/b14-4+,36-35+. The van der Waals surface area contributed by atoms with E-state index in [9.17, 15) is 4.79 Å². The molecule has 5 heteroatoms. The third-order valence-electron chi connectivity index (χ3n) is 8.55. The van der Waals surface area contributed by atoms with Gasteiger partial charge in [-0.15, -0.1) is 0 Å². The van der Waals surface area contributed by atoms with Gasteiger partial charge in [0.2, 0.25) is 5.91 Å².